The van der Waals surface area contributed by atoms with E-state index in [4.69, 9.17) is 14.2 Å². The van der Waals surface area contributed by atoms with E-state index in [0.717, 1.165) is 30.4 Å². The second-order valence-corrected chi connectivity index (χ2v) is 11.7. The van der Waals surface area contributed by atoms with Crippen molar-refractivity contribution in [3.63, 3.8) is 0 Å². The standard InChI is InChI=1S/C29H35NO6/c1-16(31)30-24(17-6-8-20(32)22(12-17)34-4)29-15-19-14-28(29,26(30)27(19,2)3)10-11-36-25(29)18-7-9-21(33)23(13-18)35-5/h6-9,12-13,19,24-26,32-33H,10-11,14-15H2,1-5H3/t19-,24?,25-,26+,28-,29+/m0/s1. The summed E-state index contributed by atoms with van der Waals surface area (Å²) >= 11 is 0. The molecule has 2 aromatic carbocycles. The molecule has 192 valence electrons. The van der Waals surface area contributed by atoms with Gasteiger partial charge in [0.2, 0.25) is 5.91 Å². The topological polar surface area (TPSA) is 88.5 Å². The van der Waals surface area contributed by atoms with Crippen LogP contribution in [0, 0.1) is 22.2 Å². The zero-order valence-electron chi connectivity index (χ0n) is 21.6. The summed E-state index contributed by atoms with van der Waals surface area (Å²) in [6.07, 6.45) is 2.62. The van der Waals surface area contributed by atoms with E-state index in [1.807, 2.05) is 24.3 Å². The Labute approximate surface area is 212 Å². The van der Waals surface area contributed by atoms with Gasteiger partial charge in [0.15, 0.2) is 23.0 Å². The lowest BCUT2D eigenvalue weighted by atomic mass is 9.51. The average Bonchev–Trinajstić information content (AvgIpc) is 3.39. The van der Waals surface area contributed by atoms with Gasteiger partial charge in [-0.2, -0.15) is 0 Å². The molecule has 0 aromatic heterocycles. The number of phenolic OH excluding ortho intramolecular Hbond substituents is 2. The molecule has 7 nitrogen and oxygen atoms in total. The number of nitrogens with zero attached hydrogens (tertiary/aromatic N) is 1. The number of carbonyl (C=O) groups excluding carboxylic acids is 1. The summed E-state index contributed by atoms with van der Waals surface area (Å²) in [5, 5.41) is 20.7. The van der Waals surface area contributed by atoms with Crippen LogP contribution >= 0.6 is 0 Å². The van der Waals surface area contributed by atoms with Gasteiger partial charge in [-0.3, -0.25) is 4.79 Å². The predicted octanol–water partition coefficient (Wildman–Crippen LogP) is 4.97. The SMILES string of the molecule is COc1cc(C2N(C(C)=O)[C@@H]3C(C)(C)[C@H]4C[C@@]35CCO[C@@H](c3ccc(O)c(OC)c3)[C@@]25C4)ccc1O. The van der Waals surface area contributed by atoms with E-state index in [-0.39, 0.29) is 51.8 Å². The van der Waals surface area contributed by atoms with Crippen molar-refractivity contribution in [2.75, 3.05) is 20.8 Å². The maximum atomic E-state index is 13.5. The molecule has 1 amide bonds. The number of ether oxygens (including phenoxy) is 3. The molecule has 4 fully saturated rings. The van der Waals surface area contributed by atoms with Crippen LogP contribution in [-0.2, 0) is 9.53 Å². The van der Waals surface area contributed by atoms with Gasteiger partial charge in [-0.15, -0.1) is 0 Å². The van der Waals surface area contributed by atoms with Crippen LogP contribution in [-0.4, -0.2) is 47.9 Å². The minimum atomic E-state index is -0.369. The monoisotopic (exact) mass is 493 g/mol. The fraction of sp³-hybridized carbons (Fsp3) is 0.552. The highest BCUT2D eigenvalue weighted by molar-refractivity contribution is 5.76. The van der Waals surface area contributed by atoms with Gasteiger partial charge in [-0.1, -0.05) is 26.0 Å². The minimum Gasteiger partial charge on any atom is -0.504 e. The normalized spacial score (nSPS) is 35.5. The highest BCUT2D eigenvalue weighted by atomic mass is 16.5. The van der Waals surface area contributed by atoms with Crippen molar-refractivity contribution in [3.05, 3.63) is 47.5 Å². The highest BCUT2D eigenvalue weighted by Crippen LogP contribution is 2.85. The number of carbonyl (C=O) groups is 1. The van der Waals surface area contributed by atoms with Crippen LogP contribution in [0.2, 0.25) is 0 Å². The van der Waals surface area contributed by atoms with Crippen molar-refractivity contribution in [3.8, 4) is 23.0 Å². The lowest BCUT2D eigenvalue weighted by Gasteiger charge is -2.55. The first-order chi connectivity index (χ1) is 17.1. The van der Waals surface area contributed by atoms with E-state index in [1.165, 1.54) is 0 Å². The first kappa shape index (κ1) is 23.5. The van der Waals surface area contributed by atoms with Crippen LogP contribution < -0.4 is 9.47 Å². The Hall–Kier alpha value is -2.93. The Morgan fingerprint density at radius 1 is 1.00 bits per heavy atom. The summed E-state index contributed by atoms with van der Waals surface area (Å²) in [6, 6.07) is 10.8. The first-order valence-corrected chi connectivity index (χ1v) is 12.8. The Bertz CT molecular complexity index is 1240. The molecule has 2 aromatic rings. The van der Waals surface area contributed by atoms with Crippen molar-refractivity contribution < 1.29 is 29.2 Å². The number of fused-ring (bicyclic) bond motifs is 1. The number of rotatable bonds is 4. The zero-order valence-corrected chi connectivity index (χ0v) is 21.6. The fourth-order valence-electron chi connectivity index (χ4n) is 8.97. The van der Waals surface area contributed by atoms with Crippen molar-refractivity contribution in [2.45, 2.75) is 58.2 Å². The first-order valence-electron chi connectivity index (χ1n) is 12.8. The number of aromatic hydroxyl groups is 2. The molecule has 7 heteroatoms. The molecule has 2 N–H and O–H groups in total. The quantitative estimate of drug-likeness (QED) is 0.625. The van der Waals surface area contributed by atoms with Gasteiger partial charge in [0, 0.05) is 30.4 Å². The molecule has 6 rings (SSSR count). The lowest BCUT2D eigenvalue weighted by molar-refractivity contribution is -0.164. The molecule has 0 radical (unpaired) electrons. The summed E-state index contributed by atoms with van der Waals surface area (Å²) in [7, 11) is 3.10. The Kier molecular flexibility index (Phi) is 4.92. The molecular weight excluding hydrogens is 458 g/mol. The second kappa shape index (κ2) is 7.54. The molecular formula is C29H35NO6. The number of likely N-dealkylation sites (tertiary alicyclic amines) is 1. The van der Waals surface area contributed by atoms with Crippen LogP contribution in [0.15, 0.2) is 36.4 Å². The van der Waals surface area contributed by atoms with E-state index in [2.05, 4.69) is 18.7 Å². The largest absolute Gasteiger partial charge is 0.504 e. The Morgan fingerprint density at radius 3 is 2.22 bits per heavy atom. The van der Waals surface area contributed by atoms with Crippen molar-refractivity contribution >= 4 is 5.91 Å². The van der Waals surface area contributed by atoms with E-state index in [1.54, 1.807) is 33.3 Å². The summed E-state index contributed by atoms with van der Waals surface area (Å²) in [5.74, 6) is 1.49. The van der Waals surface area contributed by atoms with Crippen molar-refractivity contribution in [1.29, 1.82) is 0 Å². The zero-order chi connectivity index (χ0) is 25.6. The van der Waals surface area contributed by atoms with Gasteiger partial charge in [-0.05, 0) is 66.0 Å². The van der Waals surface area contributed by atoms with Gasteiger partial charge in [0.1, 0.15) is 0 Å². The number of phenols is 2. The van der Waals surface area contributed by atoms with E-state index >= 15 is 0 Å². The van der Waals surface area contributed by atoms with Gasteiger partial charge < -0.3 is 29.3 Å². The van der Waals surface area contributed by atoms with Gasteiger partial charge in [0.05, 0.1) is 26.4 Å². The van der Waals surface area contributed by atoms with Crippen LogP contribution in [0.1, 0.15) is 63.3 Å². The van der Waals surface area contributed by atoms with Gasteiger partial charge in [0.25, 0.3) is 0 Å². The minimum absolute atomic E-state index is 0.0283. The van der Waals surface area contributed by atoms with E-state index < -0.39 is 0 Å². The predicted molar refractivity (Wildman–Crippen MR) is 133 cm³/mol. The van der Waals surface area contributed by atoms with Crippen LogP contribution in [0.3, 0.4) is 0 Å². The maximum Gasteiger partial charge on any atom is 0.220 e. The maximum absolute atomic E-state index is 13.5. The molecule has 2 bridgehead atoms. The molecule has 1 spiro atoms. The summed E-state index contributed by atoms with van der Waals surface area (Å²) in [4.78, 5) is 15.7. The number of hydrogen-bond acceptors (Lipinski definition) is 6. The van der Waals surface area contributed by atoms with Crippen LogP contribution in [0.25, 0.3) is 0 Å². The van der Waals surface area contributed by atoms with Gasteiger partial charge >= 0.3 is 0 Å². The molecule has 2 saturated carbocycles. The number of methoxy groups -OCH3 is 2. The molecule has 36 heavy (non-hydrogen) atoms. The highest BCUT2D eigenvalue weighted by Gasteiger charge is 2.83. The molecule has 4 aliphatic rings. The third kappa shape index (κ3) is 2.64. The third-order valence-electron chi connectivity index (χ3n) is 10.1. The number of benzene rings is 2. The average molecular weight is 494 g/mol. The van der Waals surface area contributed by atoms with E-state index in [9.17, 15) is 15.0 Å². The van der Waals surface area contributed by atoms with Gasteiger partial charge in [-0.25, -0.2) is 0 Å². The van der Waals surface area contributed by atoms with Crippen molar-refractivity contribution in [2.24, 2.45) is 22.2 Å². The van der Waals surface area contributed by atoms with Crippen LogP contribution in [0.4, 0.5) is 0 Å². The summed E-state index contributed by atoms with van der Waals surface area (Å²) in [5.41, 5.74) is 1.40. The molecule has 2 aliphatic carbocycles. The summed E-state index contributed by atoms with van der Waals surface area (Å²) in [6.45, 7) is 6.94. The molecule has 1 unspecified atom stereocenters. The molecule has 6 atom stereocenters. The number of amides is 1. The Balaban J connectivity index is 1.63. The van der Waals surface area contributed by atoms with E-state index in [0.29, 0.717) is 24.0 Å². The smallest absolute Gasteiger partial charge is 0.220 e. The fourth-order valence-corrected chi connectivity index (χ4v) is 8.97. The lowest BCUT2D eigenvalue weighted by Crippen LogP contribution is -2.55. The molecule has 2 aliphatic heterocycles. The number of hydrogen-bond donors (Lipinski definition) is 2. The molecule has 2 saturated heterocycles. The molecule has 2 heterocycles. The van der Waals surface area contributed by atoms with Crippen molar-refractivity contribution in [1.82, 2.24) is 4.90 Å². The van der Waals surface area contributed by atoms with Crippen LogP contribution in [0.5, 0.6) is 23.0 Å². The summed E-state index contributed by atoms with van der Waals surface area (Å²) < 4.78 is 17.6. The second-order valence-electron chi connectivity index (χ2n) is 11.7. The Morgan fingerprint density at radius 2 is 1.61 bits per heavy atom. The third-order valence-corrected chi connectivity index (χ3v) is 10.1.